The van der Waals surface area contributed by atoms with Crippen molar-refractivity contribution in [3.63, 3.8) is 0 Å². The lowest BCUT2D eigenvalue weighted by atomic mass is 10.1. The van der Waals surface area contributed by atoms with Gasteiger partial charge in [-0.15, -0.1) is 0 Å². The summed E-state index contributed by atoms with van der Waals surface area (Å²) in [5.74, 6) is 0.616. The second kappa shape index (κ2) is 4.19. The van der Waals surface area contributed by atoms with Crippen LogP contribution in [0.15, 0.2) is 0 Å². The fourth-order valence-corrected chi connectivity index (χ4v) is 5.32. The topological polar surface area (TPSA) is 52.7 Å². The summed E-state index contributed by atoms with van der Waals surface area (Å²) in [6.07, 6.45) is 4.28. The van der Waals surface area contributed by atoms with Crippen molar-refractivity contribution in [1.29, 1.82) is 0 Å². The van der Waals surface area contributed by atoms with E-state index in [1.165, 1.54) is 6.42 Å². The molecule has 0 radical (unpaired) electrons. The first-order valence-electron chi connectivity index (χ1n) is 6.54. The van der Waals surface area contributed by atoms with Crippen molar-refractivity contribution >= 4 is 10.2 Å². The normalized spacial score (nSPS) is 38.4. The summed E-state index contributed by atoms with van der Waals surface area (Å²) >= 11 is 0. The van der Waals surface area contributed by atoms with Gasteiger partial charge in [0, 0.05) is 32.2 Å². The molecule has 3 aliphatic rings. The lowest BCUT2D eigenvalue weighted by molar-refractivity contribution is 0.286. The SMILES string of the molecule is CN(C1CCNC1)S(=O)(=O)N1CC2CCC1C2. The van der Waals surface area contributed by atoms with Crippen LogP contribution in [0, 0.1) is 5.92 Å². The molecule has 5 nitrogen and oxygen atoms in total. The van der Waals surface area contributed by atoms with Crippen molar-refractivity contribution < 1.29 is 8.42 Å². The molecule has 2 bridgehead atoms. The molecule has 0 aromatic rings. The molecule has 3 atom stereocenters. The first kappa shape index (κ1) is 11.9. The predicted molar refractivity (Wildman–Crippen MR) is 65.8 cm³/mol. The van der Waals surface area contributed by atoms with Crippen molar-refractivity contribution in [2.75, 3.05) is 26.7 Å². The minimum Gasteiger partial charge on any atom is -0.315 e. The Balaban J connectivity index is 1.76. The fraction of sp³-hybridized carbons (Fsp3) is 1.00. The number of likely N-dealkylation sites (N-methyl/N-ethyl adjacent to an activating group) is 1. The third kappa shape index (κ3) is 1.91. The molecule has 1 N–H and O–H groups in total. The van der Waals surface area contributed by atoms with E-state index in [0.29, 0.717) is 5.92 Å². The van der Waals surface area contributed by atoms with Crippen molar-refractivity contribution in [2.24, 2.45) is 5.92 Å². The molecule has 2 saturated heterocycles. The first-order valence-corrected chi connectivity index (χ1v) is 7.94. The number of piperidine rings is 1. The second-order valence-corrected chi connectivity index (χ2v) is 7.51. The van der Waals surface area contributed by atoms with Gasteiger partial charge in [0.05, 0.1) is 0 Å². The molecular formula is C11H21N3O2S. The van der Waals surface area contributed by atoms with E-state index in [4.69, 9.17) is 0 Å². The van der Waals surface area contributed by atoms with Crippen LogP contribution in [-0.2, 0) is 10.2 Å². The molecule has 1 aliphatic carbocycles. The molecule has 0 amide bonds. The van der Waals surface area contributed by atoms with Crippen LogP contribution in [0.1, 0.15) is 25.7 Å². The molecule has 0 spiro atoms. The zero-order valence-corrected chi connectivity index (χ0v) is 11.1. The van der Waals surface area contributed by atoms with Crippen LogP contribution in [0.3, 0.4) is 0 Å². The van der Waals surface area contributed by atoms with Crippen LogP contribution in [0.5, 0.6) is 0 Å². The molecular weight excluding hydrogens is 238 g/mol. The van der Waals surface area contributed by atoms with Gasteiger partial charge in [-0.25, -0.2) is 0 Å². The Kier molecular flexibility index (Phi) is 2.93. The summed E-state index contributed by atoms with van der Waals surface area (Å²) in [5.41, 5.74) is 0. The van der Waals surface area contributed by atoms with Crippen molar-refractivity contribution in [3.8, 4) is 0 Å². The summed E-state index contributed by atoms with van der Waals surface area (Å²) in [4.78, 5) is 0. The van der Waals surface area contributed by atoms with Crippen LogP contribution in [0.25, 0.3) is 0 Å². The van der Waals surface area contributed by atoms with Crippen LogP contribution in [0.4, 0.5) is 0 Å². The smallest absolute Gasteiger partial charge is 0.282 e. The molecule has 3 fully saturated rings. The van der Waals surface area contributed by atoms with Gasteiger partial charge in [-0.05, 0) is 38.1 Å². The molecule has 6 heteroatoms. The van der Waals surface area contributed by atoms with Crippen LogP contribution in [0.2, 0.25) is 0 Å². The quantitative estimate of drug-likeness (QED) is 0.777. The Hall–Kier alpha value is -0.170. The summed E-state index contributed by atoms with van der Waals surface area (Å²) in [6.45, 7) is 2.46. The Labute approximate surface area is 103 Å². The van der Waals surface area contributed by atoms with Crippen LogP contribution in [-0.4, -0.2) is 55.8 Å². The van der Waals surface area contributed by atoms with E-state index in [9.17, 15) is 8.42 Å². The molecule has 17 heavy (non-hydrogen) atoms. The Morgan fingerprint density at radius 2 is 2.12 bits per heavy atom. The number of hydrogen-bond donors (Lipinski definition) is 1. The largest absolute Gasteiger partial charge is 0.315 e. The summed E-state index contributed by atoms with van der Waals surface area (Å²) < 4.78 is 28.4. The van der Waals surface area contributed by atoms with Crippen LogP contribution >= 0.6 is 0 Å². The highest BCUT2D eigenvalue weighted by Gasteiger charge is 2.46. The van der Waals surface area contributed by atoms with Gasteiger partial charge < -0.3 is 5.32 Å². The zero-order valence-electron chi connectivity index (χ0n) is 10.3. The lowest BCUT2D eigenvalue weighted by Gasteiger charge is -2.32. The van der Waals surface area contributed by atoms with Gasteiger partial charge in [-0.3, -0.25) is 0 Å². The van der Waals surface area contributed by atoms with Gasteiger partial charge in [0.15, 0.2) is 0 Å². The van der Waals surface area contributed by atoms with Crippen LogP contribution < -0.4 is 5.32 Å². The first-order chi connectivity index (χ1) is 8.09. The van der Waals surface area contributed by atoms with E-state index < -0.39 is 10.2 Å². The number of hydrogen-bond acceptors (Lipinski definition) is 3. The number of nitrogens with one attached hydrogen (secondary N) is 1. The maximum atomic E-state index is 12.5. The summed E-state index contributed by atoms with van der Waals surface area (Å²) in [7, 11) is -1.49. The fourth-order valence-electron chi connectivity index (χ4n) is 3.47. The molecule has 98 valence electrons. The highest BCUT2D eigenvalue weighted by molar-refractivity contribution is 7.86. The number of fused-ring (bicyclic) bond motifs is 2. The van der Waals surface area contributed by atoms with Gasteiger partial charge in [0.25, 0.3) is 10.2 Å². The predicted octanol–water partition coefficient (Wildman–Crippen LogP) is 0.00920. The molecule has 0 aromatic heterocycles. The standard InChI is InChI=1S/C11H21N3O2S/c1-13(11-4-5-12-7-11)17(15,16)14-8-9-2-3-10(14)6-9/h9-12H,2-8H2,1H3. The van der Waals surface area contributed by atoms with E-state index in [1.807, 2.05) is 0 Å². The minimum atomic E-state index is -3.23. The second-order valence-electron chi connectivity index (χ2n) is 5.57. The van der Waals surface area contributed by atoms with Crippen molar-refractivity contribution in [1.82, 2.24) is 13.9 Å². The van der Waals surface area contributed by atoms with Crippen molar-refractivity contribution in [2.45, 2.75) is 37.8 Å². The highest BCUT2D eigenvalue weighted by Crippen LogP contribution is 2.39. The summed E-state index contributed by atoms with van der Waals surface area (Å²) in [5, 5.41) is 3.23. The third-order valence-electron chi connectivity index (χ3n) is 4.57. The lowest BCUT2D eigenvalue weighted by Crippen LogP contribution is -2.49. The van der Waals surface area contributed by atoms with Crippen molar-refractivity contribution in [3.05, 3.63) is 0 Å². The zero-order chi connectivity index (χ0) is 12.0. The molecule has 3 unspecified atom stereocenters. The van der Waals surface area contributed by atoms with Gasteiger partial charge in [0.2, 0.25) is 0 Å². The van der Waals surface area contributed by atoms with E-state index >= 15 is 0 Å². The van der Waals surface area contributed by atoms with Gasteiger partial charge in [-0.2, -0.15) is 17.0 Å². The molecule has 1 saturated carbocycles. The van der Waals surface area contributed by atoms with E-state index in [1.54, 1.807) is 15.7 Å². The third-order valence-corrected chi connectivity index (χ3v) is 6.63. The molecule has 2 heterocycles. The van der Waals surface area contributed by atoms with Gasteiger partial charge in [-0.1, -0.05) is 0 Å². The number of rotatable bonds is 3. The Bertz CT molecular complexity index is 392. The Morgan fingerprint density at radius 1 is 1.29 bits per heavy atom. The van der Waals surface area contributed by atoms with E-state index in [0.717, 1.165) is 38.9 Å². The number of nitrogens with zero attached hydrogens (tertiary/aromatic N) is 2. The van der Waals surface area contributed by atoms with Gasteiger partial charge >= 0.3 is 0 Å². The van der Waals surface area contributed by atoms with Gasteiger partial charge in [0.1, 0.15) is 0 Å². The molecule has 2 aliphatic heterocycles. The molecule has 3 rings (SSSR count). The Morgan fingerprint density at radius 3 is 2.65 bits per heavy atom. The monoisotopic (exact) mass is 259 g/mol. The minimum absolute atomic E-state index is 0.138. The molecule has 0 aromatic carbocycles. The average molecular weight is 259 g/mol. The summed E-state index contributed by atoms with van der Waals surface area (Å²) in [6, 6.07) is 0.418. The average Bonchev–Trinajstić information content (AvgIpc) is 3.04. The maximum absolute atomic E-state index is 12.5. The van der Waals surface area contributed by atoms with E-state index in [2.05, 4.69) is 5.32 Å². The van der Waals surface area contributed by atoms with E-state index in [-0.39, 0.29) is 12.1 Å². The highest BCUT2D eigenvalue weighted by atomic mass is 32.2. The maximum Gasteiger partial charge on any atom is 0.282 e.